The van der Waals surface area contributed by atoms with Crippen LogP contribution in [0.4, 0.5) is 18.9 Å². The van der Waals surface area contributed by atoms with Gasteiger partial charge in [0.1, 0.15) is 0 Å². The summed E-state index contributed by atoms with van der Waals surface area (Å²) in [4.78, 5) is 28.9. The van der Waals surface area contributed by atoms with Crippen molar-refractivity contribution in [1.29, 1.82) is 0 Å². The fourth-order valence-corrected chi connectivity index (χ4v) is 4.02. The summed E-state index contributed by atoms with van der Waals surface area (Å²) in [5.74, 6) is -0.703. The number of amides is 1. The zero-order valence-electron chi connectivity index (χ0n) is 19.5. The fraction of sp³-hybridized carbons (Fsp3) is 0.0714. The summed E-state index contributed by atoms with van der Waals surface area (Å²) in [5.41, 5.74) is 3.52. The van der Waals surface area contributed by atoms with Crippen LogP contribution in [-0.4, -0.2) is 26.3 Å². The molecule has 2 aromatic heterocycles. The average molecular weight is 500 g/mol. The van der Waals surface area contributed by atoms with Crippen molar-refractivity contribution in [2.24, 2.45) is 0 Å². The van der Waals surface area contributed by atoms with Gasteiger partial charge in [-0.3, -0.25) is 9.59 Å². The summed E-state index contributed by atoms with van der Waals surface area (Å²) in [5, 5.41) is 7.15. The van der Waals surface area contributed by atoms with E-state index in [4.69, 9.17) is 0 Å². The van der Waals surface area contributed by atoms with E-state index < -0.39 is 17.6 Å². The topological polar surface area (TPSA) is 76.4 Å². The molecule has 184 valence electrons. The molecule has 0 aliphatic heterocycles. The lowest BCUT2D eigenvalue weighted by atomic mass is 10.0. The van der Waals surface area contributed by atoms with Gasteiger partial charge in [-0.1, -0.05) is 36.4 Å². The average Bonchev–Trinajstić information content (AvgIpc) is 3.33. The highest BCUT2D eigenvalue weighted by Gasteiger charge is 2.30. The maximum absolute atomic E-state index is 13.0. The van der Waals surface area contributed by atoms with Gasteiger partial charge in [-0.05, 0) is 55.0 Å². The van der Waals surface area contributed by atoms with Crippen molar-refractivity contribution in [3.05, 3.63) is 108 Å². The van der Waals surface area contributed by atoms with Gasteiger partial charge in [0.25, 0.3) is 5.91 Å². The number of fused-ring (bicyclic) bond motifs is 1. The molecule has 37 heavy (non-hydrogen) atoms. The zero-order valence-corrected chi connectivity index (χ0v) is 19.5. The van der Waals surface area contributed by atoms with E-state index in [9.17, 15) is 22.8 Å². The van der Waals surface area contributed by atoms with Crippen LogP contribution in [0.3, 0.4) is 0 Å². The molecule has 9 heteroatoms. The lowest BCUT2D eigenvalue weighted by Gasteiger charge is -2.11. The van der Waals surface area contributed by atoms with Crippen LogP contribution in [0.1, 0.15) is 33.2 Å². The first-order valence-corrected chi connectivity index (χ1v) is 11.2. The standard InChI is InChI=1S/C28H19F3N4O2/c1-17(36)18-5-2-6-19(13-18)24-16-33-35-25(11-12-32-26(24)35)20-7-4-10-23(15-20)34-27(37)21-8-3-9-22(14-21)28(29,30)31/h2-16H,1H3,(H,34,37). The van der Waals surface area contributed by atoms with Crippen molar-refractivity contribution in [3.63, 3.8) is 0 Å². The zero-order chi connectivity index (χ0) is 26.2. The van der Waals surface area contributed by atoms with Crippen LogP contribution in [0.5, 0.6) is 0 Å². The van der Waals surface area contributed by atoms with Crippen LogP contribution >= 0.6 is 0 Å². The van der Waals surface area contributed by atoms with Crippen LogP contribution in [0, 0.1) is 0 Å². The number of Topliss-reactive ketones (excluding diaryl/α,β-unsaturated/α-hetero) is 1. The molecule has 5 aromatic rings. The van der Waals surface area contributed by atoms with Crippen molar-refractivity contribution in [2.75, 3.05) is 5.32 Å². The lowest BCUT2D eigenvalue weighted by molar-refractivity contribution is -0.137. The summed E-state index contributed by atoms with van der Waals surface area (Å²) in [6.07, 6.45) is -1.23. The molecule has 0 aliphatic carbocycles. The Kier molecular flexibility index (Phi) is 6.04. The van der Waals surface area contributed by atoms with E-state index in [1.165, 1.54) is 19.1 Å². The van der Waals surface area contributed by atoms with Gasteiger partial charge in [0.05, 0.1) is 17.5 Å². The number of aromatic nitrogens is 3. The minimum absolute atomic E-state index is 0.0454. The van der Waals surface area contributed by atoms with Crippen LogP contribution in [0.2, 0.25) is 0 Å². The third-order valence-electron chi connectivity index (χ3n) is 5.85. The Morgan fingerprint density at radius 1 is 0.865 bits per heavy atom. The van der Waals surface area contributed by atoms with Gasteiger partial charge in [0.2, 0.25) is 0 Å². The Hall–Kier alpha value is -4.79. The molecule has 0 spiro atoms. The Bertz CT molecular complexity index is 1660. The van der Waals surface area contributed by atoms with E-state index in [1.54, 1.807) is 59.4 Å². The number of anilines is 1. The first kappa shape index (κ1) is 23.9. The molecule has 0 radical (unpaired) electrons. The predicted molar refractivity (Wildman–Crippen MR) is 133 cm³/mol. The summed E-state index contributed by atoms with van der Waals surface area (Å²) in [7, 11) is 0. The first-order valence-electron chi connectivity index (χ1n) is 11.2. The van der Waals surface area contributed by atoms with Crippen molar-refractivity contribution in [3.8, 4) is 22.4 Å². The highest BCUT2D eigenvalue weighted by Crippen LogP contribution is 2.31. The molecule has 0 saturated carbocycles. The molecule has 1 amide bonds. The summed E-state index contributed by atoms with van der Waals surface area (Å²) < 4.78 is 40.8. The molecule has 0 fully saturated rings. The third-order valence-corrected chi connectivity index (χ3v) is 5.85. The molecule has 3 aromatic carbocycles. The molecule has 5 rings (SSSR count). The lowest BCUT2D eigenvalue weighted by Crippen LogP contribution is -2.14. The summed E-state index contributed by atoms with van der Waals surface area (Å²) >= 11 is 0. The van der Waals surface area contributed by atoms with E-state index in [2.05, 4.69) is 15.4 Å². The van der Waals surface area contributed by atoms with Crippen molar-refractivity contribution < 1.29 is 22.8 Å². The monoisotopic (exact) mass is 500 g/mol. The maximum atomic E-state index is 13.0. The SMILES string of the molecule is CC(=O)c1cccc(-c2cnn3c(-c4cccc(NC(=O)c5cccc(C(F)(F)F)c5)c4)ccnc23)c1. The quantitative estimate of drug-likeness (QED) is 0.278. The first-order chi connectivity index (χ1) is 17.7. The number of nitrogens with zero attached hydrogens (tertiary/aromatic N) is 3. The summed E-state index contributed by atoms with van der Waals surface area (Å²) in [6.45, 7) is 1.50. The minimum atomic E-state index is -4.54. The normalized spacial score (nSPS) is 11.5. The minimum Gasteiger partial charge on any atom is -0.322 e. The number of alkyl halides is 3. The smallest absolute Gasteiger partial charge is 0.322 e. The van der Waals surface area contributed by atoms with Gasteiger partial charge in [-0.15, -0.1) is 0 Å². The Labute approximate surface area is 209 Å². The third kappa shape index (κ3) is 4.84. The van der Waals surface area contributed by atoms with Crippen molar-refractivity contribution in [2.45, 2.75) is 13.1 Å². The molecule has 0 atom stereocenters. The molecule has 0 aliphatic rings. The Morgan fingerprint density at radius 3 is 2.38 bits per heavy atom. The van der Waals surface area contributed by atoms with Crippen LogP contribution < -0.4 is 5.32 Å². The highest BCUT2D eigenvalue weighted by atomic mass is 19.4. The number of carbonyl (C=O) groups is 2. The van der Waals surface area contributed by atoms with Crippen molar-refractivity contribution >= 4 is 23.0 Å². The predicted octanol–water partition coefficient (Wildman–Crippen LogP) is 6.54. The van der Waals surface area contributed by atoms with Crippen molar-refractivity contribution in [1.82, 2.24) is 14.6 Å². The van der Waals surface area contributed by atoms with E-state index in [0.717, 1.165) is 23.3 Å². The molecular weight excluding hydrogens is 481 g/mol. The number of benzene rings is 3. The van der Waals surface area contributed by atoms with Crippen LogP contribution in [0.15, 0.2) is 91.3 Å². The molecule has 0 saturated heterocycles. The summed E-state index contributed by atoms with van der Waals surface area (Å²) in [6, 6.07) is 20.1. The molecule has 1 N–H and O–H groups in total. The van der Waals surface area contributed by atoms with E-state index in [0.29, 0.717) is 28.2 Å². The molecule has 2 heterocycles. The van der Waals surface area contributed by atoms with Gasteiger partial charge in [-0.2, -0.15) is 18.3 Å². The molecule has 0 unspecified atom stereocenters. The molecular formula is C28H19F3N4O2. The second kappa shape index (κ2) is 9.34. The van der Waals surface area contributed by atoms with Gasteiger partial charge >= 0.3 is 6.18 Å². The van der Waals surface area contributed by atoms with Crippen LogP contribution in [-0.2, 0) is 6.18 Å². The number of hydrogen-bond donors (Lipinski definition) is 1. The maximum Gasteiger partial charge on any atom is 0.416 e. The largest absolute Gasteiger partial charge is 0.416 e. The fourth-order valence-electron chi connectivity index (χ4n) is 4.02. The number of ketones is 1. The second-order valence-corrected chi connectivity index (χ2v) is 8.37. The Balaban J connectivity index is 1.47. The molecule has 6 nitrogen and oxygen atoms in total. The van der Waals surface area contributed by atoms with E-state index >= 15 is 0 Å². The van der Waals surface area contributed by atoms with Crippen LogP contribution in [0.25, 0.3) is 28.0 Å². The number of rotatable bonds is 5. The van der Waals surface area contributed by atoms with Gasteiger partial charge in [0.15, 0.2) is 11.4 Å². The van der Waals surface area contributed by atoms with E-state index in [1.807, 2.05) is 12.1 Å². The van der Waals surface area contributed by atoms with Gasteiger partial charge in [0, 0.05) is 34.1 Å². The number of nitrogens with one attached hydrogen (secondary N) is 1. The number of hydrogen-bond acceptors (Lipinski definition) is 4. The van der Waals surface area contributed by atoms with E-state index in [-0.39, 0.29) is 11.3 Å². The molecule has 0 bridgehead atoms. The number of halogens is 3. The number of carbonyl (C=O) groups excluding carboxylic acids is 2. The van der Waals surface area contributed by atoms with Gasteiger partial charge in [-0.25, -0.2) is 9.50 Å². The second-order valence-electron chi connectivity index (χ2n) is 8.37. The highest BCUT2D eigenvalue weighted by molar-refractivity contribution is 6.04. The van der Waals surface area contributed by atoms with Gasteiger partial charge < -0.3 is 5.32 Å². The Morgan fingerprint density at radius 2 is 1.59 bits per heavy atom.